The Bertz CT molecular complexity index is 1010. The molecule has 0 spiro atoms. The van der Waals surface area contributed by atoms with Crippen molar-refractivity contribution in [2.75, 3.05) is 4.72 Å². The predicted octanol–water partition coefficient (Wildman–Crippen LogP) is 4.00. The summed E-state index contributed by atoms with van der Waals surface area (Å²) in [6.45, 7) is 4.17. The second-order valence-corrected chi connectivity index (χ2v) is 7.95. The van der Waals surface area contributed by atoms with Gasteiger partial charge in [-0.05, 0) is 37.1 Å². The predicted molar refractivity (Wildman–Crippen MR) is 99.5 cm³/mol. The molecule has 130 valence electrons. The van der Waals surface area contributed by atoms with Crippen molar-refractivity contribution in [2.45, 2.75) is 25.3 Å². The molecule has 0 atom stereocenters. The van der Waals surface area contributed by atoms with Gasteiger partial charge in [-0.15, -0.1) is 0 Å². The number of hydrogen-bond acceptors (Lipinski definition) is 3. The Morgan fingerprint density at radius 3 is 2.64 bits per heavy atom. The SMILES string of the molecule is Cc1ccc(S(=O)(=O)Nc2cnn(Cc3ccccc3Cl)c2)c(C)c1. The van der Waals surface area contributed by atoms with Gasteiger partial charge in [-0.25, -0.2) is 8.42 Å². The van der Waals surface area contributed by atoms with E-state index < -0.39 is 10.0 Å². The number of aromatic nitrogens is 2. The minimum atomic E-state index is -3.66. The molecule has 3 aromatic rings. The molecule has 0 fully saturated rings. The van der Waals surface area contributed by atoms with Gasteiger partial charge in [-0.2, -0.15) is 5.10 Å². The maximum absolute atomic E-state index is 12.6. The van der Waals surface area contributed by atoms with Gasteiger partial charge < -0.3 is 0 Å². The molecular weight excluding hydrogens is 358 g/mol. The number of nitrogens with zero attached hydrogens (tertiary/aromatic N) is 2. The lowest BCUT2D eigenvalue weighted by molar-refractivity contribution is 0.600. The van der Waals surface area contributed by atoms with Gasteiger partial charge in [-0.1, -0.05) is 47.5 Å². The van der Waals surface area contributed by atoms with Crippen LogP contribution in [0, 0.1) is 13.8 Å². The van der Waals surface area contributed by atoms with Crippen LogP contribution in [0.4, 0.5) is 5.69 Å². The van der Waals surface area contributed by atoms with E-state index in [1.54, 1.807) is 29.9 Å². The summed E-state index contributed by atoms with van der Waals surface area (Å²) in [5, 5.41) is 4.85. The van der Waals surface area contributed by atoms with Crippen LogP contribution >= 0.6 is 11.6 Å². The Hall–Kier alpha value is -2.31. The van der Waals surface area contributed by atoms with Gasteiger partial charge >= 0.3 is 0 Å². The molecule has 3 rings (SSSR count). The molecule has 1 aromatic heterocycles. The molecule has 2 aromatic carbocycles. The van der Waals surface area contributed by atoms with E-state index in [0.717, 1.165) is 11.1 Å². The zero-order valence-corrected chi connectivity index (χ0v) is 15.5. The number of hydrogen-bond donors (Lipinski definition) is 1. The van der Waals surface area contributed by atoms with Crippen molar-refractivity contribution in [1.29, 1.82) is 0 Å². The van der Waals surface area contributed by atoms with Crippen LogP contribution in [0.25, 0.3) is 0 Å². The Morgan fingerprint density at radius 1 is 1.16 bits per heavy atom. The molecule has 0 amide bonds. The molecule has 0 saturated carbocycles. The molecule has 0 bridgehead atoms. The third kappa shape index (κ3) is 4.03. The number of nitrogens with one attached hydrogen (secondary N) is 1. The summed E-state index contributed by atoms with van der Waals surface area (Å²) in [6, 6.07) is 12.7. The average Bonchev–Trinajstić information content (AvgIpc) is 2.95. The van der Waals surface area contributed by atoms with Crippen LogP contribution < -0.4 is 4.72 Å². The first-order valence-electron chi connectivity index (χ1n) is 7.71. The maximum Gasteiger partial charge on any atom is 0.262 e. The third-order valence-corrected chi connectivity index (χ3v) is 5.71. The number of halogens is 1. The lowest BCUT2D eigenvalue weighted by Crippen LogP contribution is -2.14. The van der Waals surface area contributed by atoms with E-state index in [4.69, 9.17) is 11.6 Å². The van der Waals surface area contributed by atoms with Crippen LogP contribution in [0.2, 0.25) is 5.02 Å². The van der Waals surface area contributed by atoms with Gasteiger partial charge in [0.1, 0.15) is 0 Å². The topological polar surface area (TPSA) is 64.0 Å². The standard InChI is InChI=1S/C18H18ClN3O2S/c1-13-7-8-18(14(2)9-13)25(23,24)21-16-10-20-22(12-16)11-15-5-3-4-6-17(15)19/h3-10,12,21H,11H2,1-2H3. The van der Waals surface area contributed by atoms with Crippen LogP contribution in [0.3, 0.4) is 0 Å². The van der Waals surface area contributed by atoms with E-state index in [0.29, 0.717) is 22.8 Å². The molecule has 25 heavy (non-hydrogen) atoms. The van der Waals surface area contributed by atoms with Crippen molar-refractivity contribution in [2.24, 2.45) is 0 Å². The molecule has 0 aliphatic rings. The first-order chi connectivity index (χ1) is 11.8. The van der Waals surface area contributed by atoms with Crippen LogP contribution in [-0.4, -0.2) is 18.2 Å². The Balaban J connectivity index is 1.80. The molecule has 0 aliphatic carbocycles. The first kappa shape index (κ1) is 17.5. The number of rotatable bonds is 5. The highest BCUT2D eigenvalue weighted by molar-refractivity contribution is 7.92. The third-order valence-electron chi connectivity index (χ3n) is 3.80. The van der Waals surface area contributed by atoms with E-state index in [1.807, 2.05) is 37.3 Å². The minimum Gasteiger partial charge on any atom is -0.276 e. The van der Waals surface area contributed by atoms with Crippen molar-refractivity contribution in [3.8, 4) is 0 Å². The quantitative estimate of drug-likeness (QED) is 0.733. The van der Waals surface area contributed by atoms with E-state index >= 15 is 0 Å². The largest absolute Gasteiger partial charge is 0.276 e. The van der Waals surface area contributed by atoms with E-state index in [-0.39, 0.29) is 4.90 Å². The Morgan fingerprint density at radius 2 is 1.92 bits per heavy atom. The molecule has 0 radical (unpaired) electrons. The number of anilines is 1. The molecule has 7 heteroatoms. The van der Waals surface area contributed by atoms with Gasteiger partial charge in [-0.3, -0.25) is 9.40 Å². The van der Waals surface area contributed by atoms with Gasteiger partial charge in [0.15, 0.2) is 0 Å². The summed E-state index contributed by atoms with van der Waals surface area (Å²) >= 11 is 6.14. The molecule has 0 unspecified atom stereocenters. The molecule has 5 nitrogen and oxygen atoms in total. The summed E-state index contributed by atoms with van der Waals surface area (Å²) < 4.78 is 29.4. The van der Waals surface area contributed by atoms with Crippen LogP contribution in [0.5, 0.6) is 0 Å². The lowest BCUT2D eigenvalue weighted by atomic mass is 10.2. The molecule has 1 N–H and O–H groups in total. The summed E-state index contributed by atoms with van der Waals surface area (Å²) in [5.74, 6) is 0. The zero-order valence-electron chi connectivity index (χ0n) is 13.9. The van der Waals surface area contributed by atoms with Gasteiger partial charge in [0.05, 0.1) is 23.3 Å². The second-order valence-electron chi connectivity index (χ2n) is 5.89. The highest BCUT2D eigenvalue weighted by atomic mass is 35.5. The molecule has 0 saturated heterocycles. The Labute approximate surface area is 152 Å². The average molecular weight is 376 g/mol. The van der Waals surface area contributed by atoms with Crippen molar-refractivity contribution < 1.29 is 8.42 Å². The fourth-order valence-electron chi connectivity index (χ4n) is 2.61. The van der Waals surface area contributed by atoms with Crippen molar-refractivity contribution >= 4 is 27.3 Å². The fourth-order valence-corrected chi connectivity index (χ4v) is 4.07. The molecule has 0 aliphatic heterocycles. The number of aryl methyl sites for hydroxylation is 2. The van der Waals surface area contributed by atoms with Crippen LogP contribution in [0.1, 0.15) is 16.7 Å². The summed E-state index contributed by atoms with van der Waals surface area (Å²) in [4.78, 5) is 0.261. The number of sulfonamides is 1. The summed E-state index contributed by atoms with van der Waals surface area (Å²) in [6.07, 6.45) is 3.13. The smallest absolute Gasteiger partial charge is 0.262 e. The number of benzene rings is 2. The lowest BCUT2D eigenvalue weighted by Gasteiger charge is -2.09. The van der Waals surface area contributed by atoms with Crippen molar-refractivity contribution in [3.05, 3.63) is 76.6 Å². The first-order valence-corrected chi connectivity index (χ1v) is 9.57. The van der Waals surface area contributed by atoms with Crippen molar-refractivity contribution in [3.63, 3.8) is 0 Å². The van der Waals surface area contributed by atoms with E-state index in [2.05, 4.69) is 9.82 Å². The van der Waals surface area contributed by atoms with E-state index in [1.165, 1.54) is 6.20 Å². The van der Waals surface area contributed by atoms with Crippen LogP contribution in [-0.2, 0) is 16.6 Å². The summed E-state index contributed by atoms with van der Waals surface area (Å²) in [5.41, 5.74) is 3.04. The highest BCUT2D eigenvalue weighted by Crippen LogP contribution is 2.21. The molecule has 1 heterocycles. The minimum absolute atomic E-state index is 0.261. The Kier molecular flexibility index (Phi) is 4.83. The van der Waals surface area contributed by atoms with Gasteiger partial charge in [0.2, 0.25) is 0 Å². The van der Waals surface area contributed by atoms with Gasteiger partial charge in [0.25, 0.3) is 10.0 Å². The molecular formula is C18H18ClN3O2S. The van der Waals surface area contributed by atoms with Gasteiger partial charge in [0, 0.05) is 11.2 Å². The monoisotopic (exact) mass is 375 g/mol. The second kappa shape index (κ2) is 6.90. The fraction of sp³-hybridized carbons (Fsp3) is 0.167. The highest BCUT2D eigenvalue weighted by Gasteiger charge is 2.17. The van der Waals surface area contributed by atoms with Crippen molar-refractivity contribution in [1.82, 2.24) is 9.78 Å². The van der Waals surface area contributed by atoms with E-state index in [9.17, 15) is 8.42 Å². The van der Waals surface area contributed by atoms with Crippen LogP contribution in [0.15, 0.2) is 59.8 Å². The maximum atomic E-state index is 12.6. The zero-order chi connectivity index (χ0) is 18.0. The normalized spacial score (nSPS) is 11.5. The summed E-state index contributed by atoms with van der Waals surface area (Å²) in [7, 11) is -3.66.